The number of esters is 1. The summed E-state index contributed by atoms with van der Waals surface area (Å²) in [6.07, 6.45) is 0. The highest BCUT2D eigenvalue weighted by Gasteiger charge is 2.35. The summed E-state index contributed by atoms with van der Waals surface area (Å²) in [5, 5.41) is 0.534. The van der Waals surface area contributed by atoms with Crippen molar-refractivity contribution in [2.45, 2.75) is 11.8 Å². The monoisotopic (exact) mass is 448 g/mol. The lowest BCUT2D eigenvalue weighted by atomic mass is 10.2. The lowest BCUT2D eigenvalue weighted by molar-refractivity contribution is 0.0528. The standard InChI is InChI=1S/C21H21FN2O4S2/c1-2-28-21(25)19-20(17-5-3-4-6-18(17)29-19)30(26,27)24-13-11-23(12-14-24)16-9-7-15(22)8-10-16/h3-10H,2,11-14H2,1H3. The highest BCUT2D eigenvalue weighted by atomic mass is 32.2. The molecule has 0 unspecified atom stereocenters. The SMILES string of the molecule is CCOC(=O)c1sc2ccccc2c1S(=O)(=O)N1CCN(c2ccc(F)cc2)CC1. The van der Waals surface area contributed by atoms with Crippen LogP contribution in [0, 0.1) is 5.82 Å². The molecule has 1 aliphatic rings. The molecule has 1 aliphatic heterocycles. The summed E-state index contributed by atoms with van der Waals surface area (Å²) in [5.41, 5.74) is 0.849. The van der Waals surface area contributed by atoms with Gasteiger partial charge in [-0.1, -0.05) is 18.2 Å². The van der Waals surface area contributed by atoms with E-state index in [4.69, 9.17) is 4.74 Å². The Hall–Kier alpha value is -2.49. The number of carbonyl (C=O) groups excluding carboxylic acids is 1. The molecule has 1 fully saturated rings. The summed E-state index contributed by atoms with van der Waals surface area (Å²) in [5.74, 6) is -0.932. The number of hydrogen-bond acceptors (Lipinski definition) is 6. The zero-order chi connectivity index (χ0) is 21.3. The maximum absolute atomic E-state index is 13.5. The van der Waals surface area contributed by atoms with Crippen molar-refractivity contribution in [3.63, 3.8) is 0 Å². The van der Waals surface area contributed by atoms with Crippen LogP contribution in [-0.4, -0.2) is 51.5 Å². The van der Waals surface area contributed by atoms with Crippen molar-refractivity contribution in [3.8, 4) is 0 Å². The van der Waals surface area contributed by atoms with Gasteiger partial charge in [0, 0.05) is 42.0 Å². The van der Waals surface area contributed by atoms with Crippen LogP contribution in [0.25, 0.3) is 10.1 Å². The van der Waals surface area contributed by atoms with Gasteiger partial charge >= 0.3 is 5.97 Å². The van der Waals surface area contributed by atoms with Crippen LogP contribution in [0.3, 0.4) is 0 Å². The molecular formula is C21H21FN2O4S2. The van der Waals surface area contributed by atoms with Gasteiger partial charge in [0.05, 0.1) is 6.61 Å². The molecule has 1 saturated heterocycles. The maximum atomic E-state index is 13.5. The first kappa shape index (κ1) is 20.8. The fourth-order valence-electron chi connectivity index (χ4n) is 3.58. The van der Waals surface area contributed by atoms with E-state index in [0.717, 1.165) is 21.7 Å². The van der Waals surface area contributed by atoms with Crippen LogP contribution in [-0.2, 0) is 14.8 Å². The predicted molar refractivity (Wildman–Crippen MR) is 115 cm³/mol. The molecular weight excluding hydrogens is 427 g/mol. The lowest BCUT2D eigenvalue weighted by Crippen LogP contribution is -2.48. The number of thiophene rings is 1. The van der Waals surface area contributed by atoms with Gasteiger partial charge in [-0.25, -0.2) is 17.6 Å². The molecule has 0 bridgehead atoms. The number of halogens is 1. The Morgan fingerprint density at radius 2 is 1.73 bits per heavy atom. The fourth-order valence-corrected chi connectivity index (χ4v) is 6.75. The van der Waals surface area contributed by atoms with Gasteiger partial charge in [-0.15, -0.1) is 11.3 Å². The number of ether oxygens (including phenoxy) is 1. The Labute approximate surface area is 178 Å². The van der Waals surface area contributed by atoms with Crippen molar-refractivity contribution in [1.29, 1.82) is 0 Å². The van der Waals surface area contributed by atoms with Crippen molar-refractivity contribution in [1.82, 2.24) is 4.31 Å². The predicted octanol–water partition coefficient (Wildman–Crippen LogP) is 3.73. The van der Waals surface area contributed by atoms with Gasteiger partial charge in [0.1, 0.15) is 15.6 Å². The molecule has 0 spiro atoms. The van der Waals surface area contributed by atoms with Crippen molar-refractivity contribution in [2.75, 3.05) is 37.7 Å². The van der Waals surface area contributed by atoms with Gasteiger partial charge in [0.25, 0.3) is 0 Å². The number of piperazine rings is 1. The molecule has 4 rings (SSSR count). The smallest absolute Gasteiger partial charge is 0.349 e. The molecule has 158 valence electrons. The minimum absolute atomic E-state index is 0.0248. The Morgan fingerprint density at radius 1 is 1.07 bits per heavy atom. The molecule has 0 atom stereocenters. The lowest BCUT2D eigenvalue weighted by Gasteiger charge is -2.35. The minimum Gasteiger partial charge on any atom is -0.462 e. The molecule has 0 N–H and O–H groups in total. The molecule has 3 aromatic rings. The van der Waals surface area contributed by atoms with Crippen LogP contribution in [0.2, 0.25) is 0 Å². The van der Waals surface area contributed by atoms with E-state index in [2.05, 4.69) is 0 Å². The molecule has 0 amide bonds. The van der Waals surface area contributed by atoms with Gasteiger partial charge in [0.15, 0.2) is 0 Å². The quantitative estimate of drug-likeness (QED) is 0.557. The van der Waals surface area contributed by atoms with Gasteiger partial charge in [0.2, 0.25) is 10.0 Å². The summed E-state index contributed by atoms with van der Waals surface area (Å²) in [4.78, 5) is 14.6. The van der Waals surface area contributed by atoms with Crippen molar-refractivity contribution in [3.05, 3.63) is 59.2 Å². The number of rotatable bonds is 5. The molecule has 9 heteroatoms. The zero-order valence-corrected chi connectivity index (χ0v) is 18.0. The van der Waals surface area contributed by atoms with E-state index in [1.807, 2.05) is 11.0 Å². The Balaban J connectivity index is 1.64. The minimum atomic E-state index is -3.90. The number of hydrogen-bond donors (Lipinski definition) is 0. The highest BCUT2D eigenvalue weighted by Crippen LogP contribution is 2.37. The summed E-state index contributed by atoms with van der Waals surface area (Å²) >= 11 is 1.14. The fraction of sp³-hybridized carbons (Fsp3) is 0.286. The summed E-state index contributed by atoms with van der Waals surface area (Å²) in [7, 11) is -3.90. The first-order valence-corrected chi connectivity index (χ1v) is 11.9. The number of fused-ring (bicyclic) bond motifs is 1. The molecule has 30 heavy (non-hydrogen) atoms. The summed E-state index contributed by atoms with van der Waals surface area (Å²) in [6, 6.07) is 13.2. The van der Waals surface area contributed by atoms with E-state index < -0.39 is 16.0 Å². The Kier molecular flexibility index (Phi) is 5.77. The van der Waals surface area contributed by atoms with Crippen molar-refractivity contribution in [2.24, 2.45) is 0 Å². The highest BCUT2D eigenvalue weighted by molar-refractivity contribution is 7.89. The average molecular weight is 449 g/mol. The number of carbonyl (C=O) groups is 1. The third kappa shape index (κ3) is 3.80. The van der Waals surface area contributed by atoms with Crippen LogP contribution in [0.4, 0.5) is 10.1 Å². The maximum Gasteiger partial charge on any atom is 0.349 e. The van der Waals surface area contributed by atoms with E-state index in [0.29, 0.717) is 18.5 Å². The van der Waals surface area contributed by atoms with Crippen molar-refractivity contribution < 1.29 is 22.3 Å². The molecule has 6 nitrogen and oxygen atoms in total. The topological polar surface area (TPSA) is 66.9 Å². The molecule has 0 saturated carbocycles. The van der Waals surface area contributed by atoms with Gasteiger partial charge < -0.3 is 9.64 Å². The molecule has 2 heterocycles. The summed E-state index contributed by atoms with van der Waals surface area (Å²) in [6.45, 7) is 3.35. The van der Waals surface area contributed by atoms with E-state index >= 15 is 0 Å². The third-order valence-corrected chi connectivity index (χ3v) is 8.30. The van der Waals surface area contributed by atoms with Crippen LogP contribution >= 0.6 is 11.3 Å². The molecule has 0 aliphatic carbocycles. The van der Waals surface area contributed by atoms with Gasteiger partial charge in [-0.2, -0.15) is 4.31 Å². The molecule has 2 aromatic carbocycles. The first-order chi connectivity index (χ1) is 14.4. The van der Waals surface area contributed by atoms with E-state index in [9.17, 15) is 17.6 Å². The number of benzene rings is 2. The van der Waals surface area contributed by atoms with Crippen LogP contribution in [0.1, 0.15) is 16.6 Å². The number of anilines is 1. The van der Waals surface area contributed by atoms with Crippen LogP contribution in [0.5, 0.6) is 0 Å². The van der Waals surface area contributed by atoms with Crippen LogP contribution < -0.4 is 4.90 Å². The van der Waals surface area contributed by atoms with Gasteiger partial charge in [-0.05, 0) is 37.3 Å². The zero-order valence-electron chi connectivity index (χ0n) is 16.4. The third-order valence-electron chi connectivity index (χ3n) is 5.04. The Bertz CT molecular complexity index is 1170. The van der Waals surface area contributed by atoms with E-state index in [1.165, 1.54) is 16.4 Å². The molecule has 0 radical (unpaired) electrons. The van der Waals surface area contributed by atoms with Gasteiger partial charge in [-0.3, -0.25) is 0 Å². The average Bonchev–Trinajstić information content (AvgIpc) is 3.15. The van der Waals surface area contributed by atoms with Crippen molar-refractivity contribution >= 4 is 43.1 Å². The second kappa shape index (κ2) is 8.33. The Morgan fingerprint density at radius 3 is 2.40 bits per heavy atom. The number of sulfonamides is 1. The second-order valence-corrected chi connectivity index (χ2v) is 9.77. The largest absolute Gasteiger partial charge is 0.462 e. The molecule has 1 aromatic heterocycles. The summed E-state index contributed by atoms with van der Waals surface area (Å²) < 4.78 is 47.5. The second-order valence-electron chi connectivity index (χ2n) is 6.84. The van der Waals surface area contributed by atoms with Crippen LogP contribution in [0.15, 0.2) is 53.4 Å². The normalized spacial score (nSPS) is 15.5. The van der Waals surface area contributed by atoms with E-state index in [-0.39, 0.29) is 35.3 Å². The number of nitrogens with zero attached hydrogens (tertiary/aromatic N) is 2. The first-order valence-electron chi connectivity index (χ1n) is 9.61. The van der Waals surface area contributed by atoms with E-state index in [1.54, 1.807) is 37.3 Å².